The van der Waals surface area contributed by atoms with Gasteiger partial charge in [-0.25, -0.2) is 0 Å². The molecule has 2 bridgehead atoms. The lowest BCUT2D eigenvalue weighted by Crippen LogP contribution is -2.17. The first-order chi connectivity index (χ1) is 8.77. The zero-order chi connectivity index (χ0) is 12.3. The Morgan fingerprint density at radius 3 is 2.33 bits per heavy atom. The van der Waals surface area contributed by atoms with Gasteiger partial charge in [-0.15, -0.1) is 0 Å². The minimum atomic E-state index is 0.224. The lowest BCUT2D eigenvalue weighted by atomic mass is 9.70. The number of benzene rings is 1. The highest BCUT2D eigenvalue weighted by Crippen LogP contribution is 2.54. The molecule has 3 aliphatic rings. The Kier molecular flexibility index (Phi) is 1.80. The van der Waals surface area contributed by atoms with E-state index in [9.17, 15) is 10.2 Å². The van der Waals surface area contributed by atoms with E-state index in [0.717, 1.165) is 24.0 Å². The van der Waals surface area contributed by atoms with Crippen LogP contribution in [0, 0.1) is 0 Å². The molecule has 2 aromatic rings. The zero-order valence-corrected chi connectivity index (χ0v) is 9.80. The Labute approximate surface area is 104 Å². The van der Waals surface area contributed by atoms with Crippen LogP contribution in [0.5, 0.6) is 11.5 Å². The molecule has 3 aliphatic carbocycles. The minimum absolute atomic E-state index is 0.224. The van der Waals surface area contributed by atoms with Crippen molar-refractivity contribution in [2.24, 2.45) is 0 Å². The van der Waals surface area contributed by atoms with E-state index in [1.165, 1.54) is 0 Å². The number of hydrogen-bond acceptors (Lipinski definition) is 3. The van der Waals surface area contributed by atoms with E-state index in [1.54, 1.807) is 12.3 Å². The number of aromatic hydroxyl groups is 2. The van der Waals surface area contributed by atoms with Crippen molar-refractivity contribution in [1.29, 1.82) is 0 Å². The van der Waals surface area contributed by atoms with E-state index < -0.39 is 0 Å². The van der Waals surface area contributed by atoms with Gasteiger partial charge in [-0.3, -0.25) is 4.98 Å². The second-order valence-electron chi connectivity index (χ2n) is 5.10. The number of pyridine rings is 1. The summed E-state index contributed by atoms with van der Waals surface area (Å²) in [6.07, 6.45) is 8.03. The third-order valence-electron chi connectivity index (χ3n) is 4.19. The highest BCUT2D eigenvalue weighted by Gasteiger charge is 2.35. The molecule has 3 heteroatoms. The molecule has 1 heterocycles. The predicted molar refractivity (Wildman–Crippen MR) is 68.9 cm³/mol. The van der Waals surface area contributed by atoms with E-state index in [2.05, 4.69) is 17.1 Å². The van der Waals surface area contributed by atoms with Crippen LogP contribution in [0.3, 0.4) is 0 Å². The summed E-state index contributed by atoms with van der Waals surface area (Å²) in [5, 5.41) is 21.5. The van der Waals surface area contributed by atoms with E-state index in [0.29, 0.717) is 16.7 Å². The van der Waals surface area contributed by atoms with E-state index in [-0.39, 0.29) is 17.6 Å². The predicted octanol–water partition coefficient (Wildman–Crippen LogP) is 3.18. The maximum absolute atomic E-state index is 10.5. The molecule has 0 aliphatic heterocycles. The molecule has 0 radical (unpaired) electrons. The Bertz CT molecular complexity index is 632. The SMILES string of the molecule is Oc1c2c(c(O)c3ncccc13)[C@H]1C=C[C@@H]2CC1. The Hall–Kier alpha value is -2.03. The summed E-state index contributed by atoms with van der Waals surface area (Å²) in [6.45, 7) is 0. The molecule has 0 amide bonds. The smallest absolute Gasteiger partial charge is 0.146 e. The standard InChI is InChI=1S/C15H13NO2/c17-14-10-2-1-7-16-13(10)15(18)12-9-5-3-8(4-6-9)11(12)14/h1-3,5,7-9,17-18H,4,6H2/t8-,9+/m1/s1. The molecule has 1 aromatic carbocycles. The molecule has 2 N–H and O–H groups in total. The second-order valence-corrected chi connectivity index (χ2v) is 5.10. The van der Waals surface area contributed by atoms with Gasteiger partial charge in [-0.1, -0.05) is 12.2 Å². The molecule has 1 aromatic heterocycles. The monoisotopic (exact) mass is 239 g/mol. The summed E-state index contributed by atoms with van der Waals surface area (Å²) in [7, 11) is 0. The van der Waals surface area contributed by atoms with Gasteiger partial charge in [0.2, 0.25) is 0 Å². The Morgan fingerprint density at radius 1 is 1.00 bits per heavy atom. The third kappa shape index (κ3) is 1.07. The molecule has 90 valence electrons. The van der Waals surface area contributed by atoms with Crippen molar-refractivity contribution >= 4 is 10.9 Å². The van der Waals surface area contributed by atoms with Crippen molar-refractivity contribution in [3.63, 3.8) is 0 Å². The maximum Gasteiger partial charge on any atom is 0.146 e. The van der Waals surface area contributed by atoms with Crippen LogP contribution in [-0.2, 0) is 0 Å². The van der Waals surface area contributed by atoms with Crippen molar-refractivity contribution in [1.82, 2.24) is 4.98 Å². The number of allylic oxidation sites excluding steroid dienone is 2. The van der Waals surface area contributed by atoms with Gasteiger partial charge >= 0.3 is 0 Å². The zero-order valence-electron chi connectivity index (χ0n) is 9.80. The van der Waals surface area contributed by atoms with Crippen LogP contribution < -0.4 is 0 Å². The molecule has 0 spiro atoms. The summed E-state index contributed by atoms with van der Waals surface area (Å²) < 4.78 is 0. The molecular formula is C15H13NO2. The van der Waals surface area contributed by atoms with Gasteiger partial charge in [0, 0.05) is 34.5 Å². The van der Waals surface area contributed by atoms with Crippen LogP contribution in [-0.4, -0.2) is 15.2 Å². The van der Waals surface area contributed by atoms with Gasteiger partial charge < -0.3 is 10.2 Å². The first kappa shape index (κ1) is 9.95. The fraction of sp³-hybridized carbons (Fsp3) is 0.267. The Morgan fingerprint density at radius 2 is 1.67 bits per heavy atom. The molecule has 2 atom stereocenters. The average molecular weight is 239 g/mol. The highest BCUT2D eigenvalue weighted by molar-refractivity contribution is 5.93. The van der Waals surface area contributed by atoms with E-state index in [1.807, 2.05) is 6.07 Å². The van der Waals surface area contributed by atoms with E-state index in [4.69, 9.17) is 0 Å². The number of hydrogen-bond donors (Lipinski definition) is 2. The third-order valence-corrected chi connectivity index (χ3v) is 4.19. The molecule has 0 fully saturated rings. The summed E-state index contributed by atoms with van der Waals surface area (Å²) in [5.41, 5.74) is 2.30. The molecule has 5 rings (SSSR count). The summed E-state index contributed by atoms with van der Waals surface area (Å²) in [5.74, 6) is 1.00. The van der Waals surface area contributed by atoms with Crippen LogP contribution in [0.4, 0.5) is 0 Å². The van der Waals surface area contributed by atoms with Gasteiger partial charge in [-0.2, -0.15) is 0 Å². The van der Waals surface area contributed by atoms with Crippen molar-refractivity contribution in [2.75, 3.05) is 0 Å². The largest absolute Gasteiger partial charge is 0.507 e. The van der Waals surface area contributed by atoms with Gasteiger partial charge in [0.05, 0.1) is 0 Å². The van der Waals surface area contributed by atoms with Crippen molar-refractivity contribution in [3.8, 4) is 11.5 Å². The fourth-order valence-corrected chi connectivity index (χ4v) is 3.36. The number of aromatic nitrogens is 1. The molecule has 0 saturated carbocycles. The van der Waals surface area contributed by atoms with Gasteiger partial charge in [0.25, 0.3) is 0 Å². The molecule has 18 heavy (non-hydrogen) atoms. The maximum atomic E-state index is 10.5. The average Bonchev–Trinajstić information content (AvgIpc) is 2.45. The number of rotatable bonds is 0. The lowest BCUT2D eigenvalue weighted by molar-refractivity contribution is 0.428. The van der Waals surface area contributed by atoms with Crippen LogP contribution in [0.25, 0.3) is 10.9 Å². The molecular weight excluding hydrogens is 226 g/mol. The lowest BCUT2D eigenvalue weighted by Gasteiger charge is -2.34. The highest BCUT2D eigenvalue weighted by atomic mass is 16.3. The second kappa shape index (κ2) is 3.25. The first-order valence-corrected chi connectivity index (χ1v) is 6.28. The topological polar surface area (TPSA) is 53.4 Å². The van der Waals surface area contributed by atoms with Crippen LogP contribution in [0.15, 0.2) is 30.5 Å². The molecule has 0 unspecified atom stereocenters. The molecule has 0 saturated heterocycles. The van der Waals surface area contributed by atoms with Crippen molar-refractivity contribution in [3.05, 3.63) is 41.6 Å². The number of fused-ring (bicyclic) bond motifs is 2. The van der Waals surface area contributed by atoms with Gasteiger partial charge in [0.1, 0.15) is 17.0 Å². The number of phenols is 2. The van der Waals surface area contributed by atoms with E-state index >= 15 is 0 Å². The minimum Gasteiger partial charge on any atom is -0.507 e. The van der Waals surface area contributed by atoms with Crippen molar-refractivity contribution in [2.45, 2.75) is 24.7 Å². The Balaban J connectivity index is 2.18. The van der Waals surface area contributed by atoms with Crippen molar-refractivity contribution < 1.29 is 10.2 Å². The first-order valence-electron chi connectivity index (χ1n) is 6.28. The normalized spacial score (nSPS) is 24.4. The van der Waals surface area contributed by atoms with Crippen LogP contribution in [0.2, 0.25) is 0 Å². The summed E-state index contributed by atoms with van der Waals surface area (Å²) >= 11 is 0. The summed E-state index contributed by atoms with van der Waals surface area (Å²) in [4.78, 5) is 4.20. The number of phenolic OH excluding ortho intramolecular Hbond substituents is 2. The van der Waals surface area contributed by atoms with Crippen LogP contribution in [0.1, 0.15) is 35.8 Å². The number of nitrogens with zero attached hydrogens (tertiary/aromatic N) is 1. The fourth-order valence-electron chi connectivity index (χ4n) is 3.36. The van der Waals surface area contributed by atoms with Gasteiger partial charge in [-0.05, 0) is 25.0 Å². The van der Waals surface area contributed by atoms with Crippen LogP contribution >= 0.6 is 0 Å². The quantitative estimate of drug-likeness (QED) is 0.548. The summed E-state index contributed by atoms with van der Waals surface area (Å²) in [6, 6.07) is 3.59. The van der Waals surface area contributed by atoms with Gasteiger partial charge in [0.15, 0.2) is 0 Å². The molecule has 3 nitrogen and oxygen atoms in total.